The van der Waals surface area contributed by atoms with E-state index in [9.17, 15) is 14.4 Å². The molecule has 21 heavy (non-hydrogen) atoms. The first-order valence-corrected chi connectivity index (χ1v) is 6.95. The minimum atomic E-state index is -0.685. The van der Waals surface area contributed by atoms with E-state index in [1.54, 1.807) is 18.4 Å². The SMILES string of the molecule is Bc1c(C(=O)OCC)n(C(C)C)cc(C(=O)OCC)c1=O. The van der Waals surface area contributed by atoms with E-state index < -0.39 is 17.4 Å². The van der Waals surface area contributed by atoms with Gasteiger partial charge in [0.05, 0.1) is 13.2 Å². The van der Waals surface area contributed by atoms with Gasteiger partial charge in [-0.2, -0.15) is 0 Å². The van der Waals surface area contributed by atoms with Crippen LogP contribution < -0.4 is 10.9 Å². The lowest BCUT2D eigenvalue weighted by atomic mass is 9.91. The second-order valence-electron chi connectivity index (χ2n) is 4.79. The van der Waals surface area contributed by atoms with Crippen LogP contribution in [0.25, 0.3) is 0 Å². The molecule has 0 aliphatic rings. The number of pyridine rings is 1. The molecule has 0 aromatic carbocycles. The van der Waals surface area contributed by atoms with E-state index in [0.717, 1.165) is 0 Å². The summed E-state index contributed by atoms with van der Waals surface area (Å²) in [5.74, 6) is -1.26. The second kappa shape index (κ2) is 7.10. The van der Waals surface area contributed by atoms with E-state index in [1.165, 1.54) is 14.0 Å². The number of esters is 2. The van der Waals surface area contributed by atoms with Crippen molar-refractivity contribution in [2.75, 3.05) is 13.2 Å². The zero-order valence-electron chi connectivity index (χ0n) is 13.1. The highest BCUT2D eigenvalue weighted by atomic mass is 16.5. The highest BCUT2D eigenvalue weighted by Gasteiger charge is 2.23. The Kier molecular flexibility index (Phi) is 5.75. The Bertz CT molecular complexity index is 606. The number of hydrogen-bond donors (Lipinski definition) is 0. The van der Waals surface area contributed by atoms with Crippen LogP contribution in [0.5, 0.6) is 0 Å². The minimum absolute atomic E-state index is 0.0731. The largest absolute Gasteiger partial charge is 0.462 e. The maximum Gasteiger partial charge on any atom is 0.354 e. The van der Waals surface area contributed by atoms with Crippen LogP contribution in [0.15, 0.2) is 11.0 Å². The van der Waals surface area contributed by atoms with Crippen LogP contribution in [0.1, 0.15) is 54.6 Å². The van der Waals surface area contributed by atoms with E-state index >= 15 is 0 Å². The fourth-order valence-electron chi connectivity index (χ4n) is 1.98. The standard InChI is InChI=1S/C14H20BNO5/c1-5-20-13(18)9-7-16(8(3)4)11(10(15)12(9)17)14(19)21-6-2/h7-8H,5-6,15H2,1-4H3. The fourth-order valence-corrected chi connectivity index (χ4v) is 1.98. The molecule has 7 heteroatoms. The molecule has 0 aliphatic carbocycles. The Labute approximate surface area is 124 Å². The van der Waals surface area contributed by atoms with Crippen LogP contribution in [0.4, 0.5) is 0 Å². The highest BCUT2D eigenvalue weighted by Crippen LogP contribution is 2.10. The summed E-state index contributed by atoms with van der Waals surface area (Å²) in [6.45, 7) is 7.45. The molecule has 1 aromatic rings. The number of aromatic nitrogens is 1. The summed E-state index contributed by atoms with van der Waals surface area (Å²) < 4.78 is 11.4. The van der Waals surface area contributed by atoms with Gasteiger partial charge < -0.3 is 14.0 Å². The van der Waals surface area contributed by atoms with Gasteiger partial charge in [0.15, 0.2) is 5.43 Å². The van der Waals surface area contributed by atoms with Gasteiger partial charge >= 0.3 is 11.9 Å². The lowest BCUT2D eigenvalue weighted by Gasteiger charge is -2.19. The van der Waals surface area contributed by atoms with Crippen LogP contribution >= 0.6 is 0 Å². The van der Waals surface area contributed by atoms with E-state index in [0.29, 0.717) is 0 Å². The average molecular weight is 293 g/mol. The van der Waals surface area contributed by atoms with Gasteiger partial charge in [0, 0.05) is 12.2 Å². The van der Waals surface area contributed by atoms with Crippen molar-refractivity contribution < 1.29 is 19.1 Å². The highest BCUT2D eigenvalue weighted by molar-refractivity contribution is 6.36. The summed E-state index contributed by atoms with van der Waals surface area (Å²) in [5.41, 5.74) is -0.220. The minimum Gasteiger partial charge on any atom is -0.462 e. The first-order chi connectivity index (χ1) is 9.84. The van der Waals surface area contributed by atoms with E-state index in [4.69, 9.17) is 9.47 Å². The molecule has 1 aromatic heterocycles. The molecule has 1 heterocycles. The normalized spacial score (nSPS) is 10.5. The number of hydrogen-bond acceptors (Lipinski definition) is 5. The summed E-state index contributed by atoms with van der Waals surface area (Å²) >= 11 is 0. The lowest BCUT2D eigenvalue weighted by molar-refractivity contribution is 0.0498. The van der Waals surface area contributed by atoms with Crippen LogP contribution in [0.2, 0.25) is 0 Å². The zero-order chi connectivity index (χ0) is 16.2. The molecular weight excluding hydrogens is 273 g/mol. The molecule has 6 nitrogen and oxygen atoms in total. The molecule has 0 aliphatic heterocycles. The molecule has 0 spiro atoms. The van der Waals surface area contributed by atoms with Crippen LogP contribution in [0.3, 0.4) is 0 Å². The fraction of sp³-hybridized carbons (Fsp3) is 0.500. The van der Waals surface area contributed by atoms with E-state index in [-0.39, 0.29) is 36.0 Å². The average Bonchev–Trinajstić information content (AvgIpc) is 2.41. The molecule has 0 unspecified atom stereocenters. The summed E-state index contributed by atoms with van der Waals surface area (Å²) in [6, 6.07) is -0.114. The lowest BCUT2D eigenvalue weighted by Crippen LogP contribution is -2.40. The van der Waals surface area contributed by atoms with Crippen molar-refractivity contribution in [2.24, 2.45) is 0 Å². The zero-order valence-corrected chi connectivity index (χ0v) is 13.1. The monoisotopic (exact) mass is 293 g/mol. The molecule has 0 amide bonds. The van der Waals surface area contributed by atoms with Gasteiger partial charge in [-0.05, 0) is 33.2 Å². The van der Waals surface area contributed by atoms with Crippen molar-refractivity contribution in [3.05, 3.63) is 27.7 Å². The summed E-state index contributed by atoms with van der Waals surface area (Å²) in [5, 5.41) is 0. The van der Waals surface area contributed by atoms with Crippen molar-refractivity contribution in [1.29, 1.82) is 0 Å². The van der Waals surface area contributed by atoms with Crippen LogP contribution in [-0.4, -0.2) is 37.6 Å². The van der Waals surface area contributed by atoms with Gasteiger partial charge in [-0.1, -0.05) is 0 Å². The first-order valence-electron chi connectivity index (χ1n) is 6.95. The Morgan fingerprint density at radius 3 is 2.19 bits per heavy atom. The molecule has 0 atom stereocenters. The molecule has 0 saturated heterocycles. The first kappa shape index (κ1) is 17.0. The molecule has 0 radical (unpaired) electrons. The number of ether oxygens (including phenoxy) is 2. The molecule has 0 fully saturated rings. The topological polar surface area (TPSA) is 74.6 Å². The molecule has 0 N–H and O–H groups in total. The predicted octanol–water partition coefficient (Wildman–Crippen LogP) is 0.0410. The molecular formula is C14H20BNO5. The smallest absolute Gasteiger partial charge is 0.354 e. The number of carbonyl (C=O) groups is 2. The van der Waals surface area contributed by atoms with Gasteiger partial charge in [-0.3, -0.25) is 4.79 Å². The Hall–Kier alpha value is -2.05. The quantitative estimate of drug-likeness (QED) is 0.566. The van der Waals surface area contributed by atoms with Crippen molar-refractivity contribution in [1.82, 2.24) is 4.57 Å². The molecule has 0 saturated carbocycles. The third-order valence-electron chi connectivity index (χ3n) is 2.99. The van der Waals surface area contributed by atoms with Crippen molar-refractivity contribution in [3.8, 4) is 0 Å². The molecule has 0 bridgehead atoms. The Morgan fingerprint density at radius 2 is 1.71 bits per heavy atom. The maximum absolute atomic E-state index is 12.3. The number of nitrogens with zero attached hydrogens (tertiary/aromatic N) is 1. The van der Waals surface area contributed by atoms with Gasteiger partial charge in [0.1, 0.15) is 19.1 Å². The number of carbonyl (C=O) groups excluding carboxylic acids is 2. The summed E-state index contributed by atoms with van der Waals surface area (Å²) in [4.78, 5) is 36.2. The van der Waals surface area contributed by atoms with Gasteiger partial charge in [0.2, 0.25) is 0 Å². The van der Waals surface area contributed by atoms with Gasteiger partial charge in [0.25, 0.3) is 0 Å². The van der Waals surface area contributed by atoms with Crippen molar-refractivity contribution in [3.63, 3.8) is 0 Å². The number of rotatable bonds is 5. The predicted molar refractivity (Wildman–Crippen MR) is 81.2 cm³/mol. The van der Waals surface area contributed by atoms with Crippen LogP contribution in [0, 0.1) is 0 Å². The van der Waals surface area contributed by atoms with Gasteiger partial charge in [-0.15, -0.1) is 0 Å². The van der Waals surface area contributed by atoms with Gasteiger partial charge in [-0.25, -0.2) is 9.59 Å². The third kappa shape index (κ3) is 3.54. The van der Waals surface area contributed by atoms with Crippen molar-refractivity contribution in [2.45, 2.75) is 33.7 Å². The van der Waals surface area contributed by atoms with Crippen molar-refractivity contribution >= 4 is 25.2 Å². The second-order valence-corrected chi connectivity index (χ2v) is 4.79. The Morgan fingerprint density at radius 1 is 1.19 bits per heavy atom. The Balaban J connectivity index is 3.54. The molecule has 114 valence electrons. The van der Waals surface area contributed by atoms with E-state index in [1.807, 2.05) is 13.8 Å². The van der Waals surface area contributed by atoms with Crippen LogP contribution in [-0.2, 0) is 9.47 Å². The summed E-state index contributed by atoms with van der Waals surface area (Å²) in [6.07, 6.45) is 1.37. The summed E-state index contributed by atoms with van der Waals surface area (Å²) in [7, 11) is 1.51. The van der Waals surface area contributed by atoms with E-state index in [2.05, 4.69) is 0 Å². The maximum atomic E-state index is 12.3. The third-order valence-corrected chi connectivity index (χ3v) is 2.99. The molecule has 1 rings (SSSR count).